The van der Waals surface area contributed by atoms with E-state index in [0.29, 0.717) is 31.6 Å². The Morgan fingerprint density at radius 1 is 0.330 bits per heavy atom. The topological polar surface area (TPSA) is 237 Å². The molecule has 0 amide bonds. The van der Waals surface area contributed by atoms with Crippen molar-refractivity contribution in [3.05, 3.63) is 0 Å². The minimum atomic E-state index is -4.95. The molecule has 0 aromatic rings. The van der Waals surface area contributed by atoms with Gasteiger partial charge >= 0.3 is 39.5 Å². The van der Waals surface area contributed by atoms with Gasteiger partial charge in [0.15, 0.2) is 12.2 Å². The molecule has 0 saturated carbocycles. The van der Waals surface area contributed by atoms with Gasteiger partial charge in [-0.15, -0.1) is 0 Å². The fourth-order valence-electron chi connectivity index (χ4n) is 10.3. The number of phosphoric ester groups is 2. The molecule has 0 radical (unpaired) electrons. The number of aliphatic hydroxyl groups excluding tert-OH is 1. The lowest BCUT2D eigenvalue weighted by Crippen LogP contribution is -2.30. The van der Waals surface area contributed by atoms with Crippen LogP contribution < -0.4 is 0 Å². The van der Waals surface area contributed by atoms with Gasteiger partial charge in [-0.05, 0) is 43.4 Å². The van der Waals surface area contributed by atoms with Crippen LogP contribution >= 0.6 is 15.6 Å². The molecule has 0 heterocycles. The van der Waals surface area contributed by atoms with Gasteiger partial charge in [0, 0.05) is 25.7 Å². The number of hydrogen-bond acceptors (Lipinski definition) is 15. The van der Waals surface area contributed by atoms with Gasteiger partial charge in [-0.2, -0.15) is 0 Å². The molecule has 3 N–H and O–H groups in total. The molecule has 0 rings (SSSR count). The number of aliphatic hydroxyl groups is 1. The minimum absolute atomic E-state index is 0.105. The van der Waals surface area contributed by atoms with Crippen molar-refractivity contribution < 1.29 is 80.2 Å². The largest absolute Gasteiger partial charge is 0.472 e. The van der Waals surface area contributed by atoms with Crippen molar-refractivity contribution >= 4 is 39.5 Å². The highest BCUT2D eigenvalue weighted by atomic mass is 31.2. The zero-order valence-electron chi connectivity index (χ0n) is 57.2. The normalized spacial score (nSPS) is 14.9. The Hall–Kier alpha value is -1.94. The van der Waals surface area contributed by atoms with Gasteiger partial charge in [0.05, 0.1) is 26.4 Å². The molecule has 17 nitrogen and oxygen atoms in total. The van der Waals surface area contributed by atoms with E-state index >= 15 is 0 Å². The van der Waals surface area contributed by atoms with E-state index in [-0.39, 0.29) is 25.7 Å². The smallest absolute Gasteiger partial charge is 0.462 e. The van der Waals surface area contributed by atoms with Crippen LogP contribution in [0.1, 0.15) is 344 Å². The van der Waals surface area contributed by atoms with Crippen LogP contribution in [0.15, 0.2) is 0 Å². The molecule has 7 atom stereocenters. The Morgan fingerprint density at radius 3 is 0.864 bits per heavy atom. The molecule has 522 valence electrons. The van der Waals surface area contributed by atoms with Crippen LogP contribution in [-0.2, 0) is 65.4 Å². The molecular weight excluding hydrogens is 1160 g/mol. The molecule has 0 aliphatic carbocycles. The number of carbonyl (C=O) groups excluding carboxylic acids is 4. The van der Waals surface area contributed by atoms with E-state index in [1.165, 1.54) is 148 Å². The first-order valence-corrected chi connectivity index (χ1v) is 38.9. The second kappa shape index (κ2) is 60.0. The van der Waals surface area contributed by atoms with Crippen molar-refractivity contribution in [1.82, 2.24) is 0 Å². The fraction of sp³-hybridized carbons (Fsp3) is 0.942. The van der Waals surface area contributed by atoms with Gasteiger partial charge in [0.1, 0.15) is 19.3 Å². The van der Waals surface area contributed by atoms with Crippen LogP contribution in [0, 0.1) is 17.8 Å². The Morgan fingerprint density at radius 2 is 0.580 bits per heavy atom. The van der Waals surface area contributed by atoms with E-state index in [4.69, 9.17) is 37.0 Å². The molecule has 0 spiro atoms. The molecule has 0 saturated heterocycles. The third-order valence-electron chi connectivity index (χ3n) is 16.6. The molecular formula is C69H134O17P2. The van der Waals surface area contributed by atoms with E-state index in [9.17, 15) is 43.2 Å². The maximum absolute atomic E-state index is 13.0. The van der Waals surface area contributed by atoms with Crippen molar-refractivity contribution in [1.29, 1.82) is 0 Å². The molecule has 0 aliphatic rings. The van der Waals surface area contributed by atoms with Crippen molar-refractivity contribution in [2.24, 2.45) is 17.8 Å². The molecule has 19 heteroatoms. The van der Waals surface area contributed by atoms with Crippen molar-refractivity contribution in [3.8, 4) is 0 Å². The first kappa shape index (κ1) is 86.1. The monoisotopic (exact) mass is 1300 g/mol. The van der Waals surface area contributed by atoms with Gasteiger partial charge in [-0.3, -0.25) is 37.3 Å². The lowest BCUT2D eigenvalue weighted by molar-refractivity contribution is -0.161. The number of unbranched alkanes of at least 4 members (excludes halogenated alkanes) is 33. The zero-order chi connectivity index (χ0) is 65.2. The van der Waals surface area contributed by atoms with Crippen LogP contribution in [0.2, 0.25) is 0 Å². The van der Waals surface area contributed by atoms with Gasteiger partial charge < -0.3 is 33.8 Å². The number of carbonyl (C=O) groups is 4. The van der Waals surface area contributed by atoms with Crippen molar-refractivity contribution in [2.45, 2.75) is 362 Å². The SMILES string of the molecule is CCCCCCCCCCCCCC(=O)O[C@H](COC(=O)CCCCCCCCC(C)C)COP(=O)(O)OC[C@H](O)COP(=O)(O)OC[C@@H](COC(=O)CCCCCCCCCCCCC(C)CC)OC(=O)CCCCCCCCCCCCC(C)CC. The van der Waals surface area contributed by atoms with Gasteiger partial charge in [-0.1, -0.05) is 292 Å². The Labute approximate surface area is 537 Å². The minimum Gasteiger partial charge on any atom is -0.462 e. The van der Waals surface area contributed by atoms with Gasteiger partial charge in [0.25, 0.3) is 0 Å². The highest BCUT2D eigenvalue weighted by Crippen LogP contribution is 2.45. The Bertz CT molecular complexity index is 1740. The molecule has 0 aromatic carbocycles. The zero-order valence-corrected chi connectivity index (χ0v) is 59.0. The standard InChI is InChI=1S/C69H134O17P2/c1-8-11-12-13-14-15-16-24-29-38-45-52-68(73)86-65(57-80-67(72)51-44-37-32-31-33-40-47-60(4)5)59-84-88(77,78)82-55-63(70)54-81-87(75,76)83-58-64(85-69(74)53-46-39-30-25-20-18-22-27-35-42-49-62(7)10-3)56-79-66(71)50-43-36-28-23-19-17-21-26-34-41-48-61(6)9-2/h60-65,70H,8-59H2,1-7H3,(H,75,76)(H,77,78)/t61?,62?,63-,64-,65-/m1/s1. The number of phosphoric acid groups is 2. The molecule has 0 fully saturated rings. The summed E-state index contributed by atoms with van der Waals surface area (Å²) in [7, 11) is -9.90. The highest BCUT2D eigenvalue weighted by Gasteiger charge is 2.30. The first-order chi connectivity index (χ1) is 42.3. The average Bonchev–Trinajstić information content (AvgIpc) is 3.70. The second-order valence-corrected chi connectivity index (χ2v) is 28.8. The molecule has 4 unspecified atom stereocenters. The average molecular weight is 1300 g/mol. The summed E-state index contributed by atoms with van der Waals surface area (Å²) in [6, 6.07) is 0. The molecule has 0 bridgehead atoms. The summed E-state index contributed by atoms with van der Waals surface area (Å²) in [4.78, 5) is 72.5. The van der Waals surface area contributed by atoms with E-state index in [2.05, 4.69) is 48.5 Å². The summed E-state index contributed by atoms with van der Waals surface area (Å²) < 4.78 is 68.2. The summed E-state index contributed by atoms with van der Waals surface area (Å²) in [6.45, 7) is 11.8. The number of ether oxygens (including phenoxy) is 4. The maximum atomic E-state index is 13.0. The van der Waals surface area contributed by atoms with E-state index < -0.39 is 97.5 Å². The summed E-state index contributed by atoms with van der Waals surface area (Å²) in [6.07, 6.45) is 43.0. The third kappa shape index (κ3) is 60.3. The van der Waals surface area contributed by atoms with Crippen LogP contribution in [0.5, 0.6) is 0 Å². The van der Waals surface area contributed by atoms with E-state index in [1.807, 2.05) is 0 Å². The summed E-state index contributed by atoms with van der Waals surface area (Å²) in [5.41, 5.74) is 0. The first-order valence-electron chi connectivity index (χ1n) is 35.9. The quantitative estimate of drug-likeness (QED) is 0.0222. The lowest BCUT2D eigenvalue weighted by atomic mass is 9.99. The van der Waals surface area contributed by atoms with E-state index in [0.717, 1.165) is 108 Å². The fourth-order valence-corrected chi connectivity index (χ4v) is 11.9. The second-order valence-electron chi connectivity index (χ2n) is 25.9. The predicted octanol–water partition coefficient (Wildman–Crippen LogP) is 19.5. The molecule has 0 aliphatic heterocycles. The van der Waals surface area contributed by atoms with Crippen LogP contribution in [0.3, 0.4) is 0 Å². The van der Waals surface area contributed by atoms with Gasteiger partial charge in [-0.25, -0.2) is 9.13 Å². The summed E-state index contributed by atoms with van der Waals surface area (Å²) in [5.74, 6) is 0.163. The number of rotatable bonds is 67. The summed E-state index contributed by atoms with van der Waals surface area (Å²) in [5, 5.41) is 10.6. The number of hydrogen-bond donors (Lipinski definition) is 3. The maximum Gasteiger partial charge on any atom is 0.472 e. The number of esters is 4. The third-order valence-corrected chi connectivity index (χ3v) is 18.5. The van der Waals surface area contributed by atoms with Crippen molar-refractivity contribution in [2.75, 3.05) is 39.6 Å². The van der Waals surface area contributed by atoms with E-state index in [1.54, 1.807) is 0 Å². The Kier molecular flexibility index (Phi) is 58.7. The summed E-state index contributed by atoms with van der Waals surface area (Å²) >= 11 is 0. The lowest BCUT2D eigenvalue weighted by Gasteiger charge is -2.21. The molecule has 88 heavy (non-hydrogen) atoms. The van der Waals surface area contributed by atoms with Crippen LogP contribution in [0.25, 0.3) is 0 Å². The Balaban J connectivity index is 5.26. The predicted molar refractivity (Wildman–Crippen MR) is 354 cm³/mol. The van der Waals surface area contributed by atoms with Gasteiger partial charge in [0.2, 0.25) is 0 Å². The van der Waals surface area contributed by atoms with Crippen LogP contribution in [0.4, 0.5) is 0 Å². The highest BCUT2D eigenvalue weighted by molar-refractivity contribution is 7.47. The molecule has 0 aromatic heterocycles. The van der Waals surface area contributed by atoms with Crippen LogP contribution in [-0.4, -0.2) is 96.7 Å². The van der Waals surface area contributed by atoms with Crippen molar-refractivity contribution in [3.63, 3.8) is 0 Å².